The maximum absolute atomic E-state index is 11.8. The molecule has 18 heavy (non-hydrogen) atoms. The van der Waals surface area contributed by atoms with Gasteiger partial charge in [0.05, 0.1) is 13.2 Å². The van der Waals surface area contributed by atoms with Gasteiger partial charge in [-0.2, -0.15) is 5.06 Å². The highest BCUT2D eigenvalue weighted by Gasteiger charge is 2.35. The Morgan fingerprint density at radius 3 is 2.78 bits per heavy atom. The number of ether oxygens (including phenoxy) is 1. The van der Waals surface area contributed by atoms with Crippen LogP contribution in [-0.4, -0.2) is 42.6 Å². The SMILES string of the molecule is CC1=C2CON(C(=O)OC(C)(C)C)CC2OOC1. The second-order valence-electron chi connectivity index (χ2n) is 5.47. The molecule has 1 amide bonds. The van der Waals surface area contributed by atoms with Crippen molar-refractivity contribution in [3.8, 4) is 0 Å². The normalized spacial score (nSPS) is 24.9. The summed E-state index contributed by atoms with van der Waals surface area (Å²) >= 11 is 0. The van der Waals surface area contributed by atoms with Crippen LogP contribution < -0.4 is 0 Å². The summed E-state index contributed by atoms with van der Waals surface area (Å²) < 4.78 is 5.23. The van der Waals surface area contributed by atoms with Crippen LogP contribution in [0.3, 0.4) is 0 Å². The van der Waals surface area contributed by atoms with Gasteiger partial charge >= 0.3 is 6.09 Å². The number of fused-ring (bicyclic) bond motifs is 1. The third kappa shape index (κ3) is 3.01. The molecule has 0 aliphatic carbocycles. The van der Waals surface area contributed by atoms with E-state index in [4.69, 9.17) is 19.3 Å². The molecule has 1 atom stereocenters. The van der Waals surface area contributed by atoms with E-state index in [2.05, 4.69) is 0 Å². The summed E-state index contributed by atoms with van der Waals surface area (Å²) in [5.41, 5.74) is 1.59. The first kappa shape index (κ1) is 13.3. The molecule has 0 aromatic carbocycles. The van der Waals surface area contributed by atoms with Crippen LogP contribution in [0, 0.1) is 0 Å². The van der Waals surface area contributed by atoms with Crippen LogP contribution in [0.25, 0.3) is 0 Å². The second-order valence-corrected chi connectivity index (χ2v) is 5.47. The smallest absolute Gasteiger partial charge is 0.434 e. The lowest BCUT2D eigenvalue weighted by Gasteiger charge is -2.36. The molecule has 2 heterocycles. The van der Waals surface area contributed by atoms with Crippen molar-refractivity contribution in [2.75, 3.05) is 19.8 Å². The summed E-state index contributed by atoms with van der Waals surface area (Å²) in [6, 6.07) is 0. The number of hydrogen-bond acceptors (Lipinski definition) is 5. The monoisotopic (exact) mass is 257 g/mol. The van der Waals surface area contributed by atoms with Crippen molar-refractivity contribution in [3.63, 3.8) is 0 Å². The molecule has 1 unspecified atom stereocenters. The van der Waals surface area contributed by atoms with Gasteiger partial charge in [0.25, 0.3) is 0 Å². The molecule has 0 bridgehead atoms. The molecule has 6 heteroatoms. The fourth-order valence-electron chi connectivity index (χ4n) is 1.78. The molecule has 2 aliphatic rings. The quantitative estimate of drug-likeness (QED) is 0.489. The molecule has 0 aromatic rings. The van der Waals surface area contributed by atoms with Gasteiger partial charge in [-0.1, -0.05) is 0 Å². The topological polar surface area (TPSA) is 57.2 Å². The van der Waals surface area contributed by atoms with Crippen molar-refractivity contribution in [2.24, 2.45) is 0 Å². The summed E-state index contributed by atoms with van der Waals surface area (Å²) in [7, 11) is 0. The molecule has 0 radical (unpaired) electrons. The van der Waals surface area contributed by atoms with E-state index in [9.17, 15) is 4.79 Å². The highest BCUT2D eigenvalue weighted by Crippen LogP contribution is 2.25. The maximum Gasteiger partial charge on any atom is 0.434 e. The number of hydrogen-bond donors (Lipinski definition) is 0. The van der Waals surface area contributed by atoms with Gasteiger partial charge in [-0.3, -0.25) is 4.84 Å². The maximum atomic E-state index is 11.8. The van der Waals surface area contributed by atoms with Crippen LogP contribution in [0.15, 0.2) is 11.1 Å². The van der Waals surface area contributed by atoms with Gasteiger partial charge in [0.15, 0.2) is 0 Å². The van der Waals surface area contributed by atoms with E-state index < -0.39 is 11.7 Å². The minimum atomic E-state index is -0.545. The number of carbonyl (C=O) groups is 1. The molecule has 0 N–H and O–H groups in total. The zero-order chi connectivity index (χ0) is 13.3. The van der Waals surface area contributed by atoms with E-state index in [1.165, 1.54) is 5.06 Å². The Morgan fingerprint density at radius 1 is 1.39 bits per heavy atom. The van der Waals surface area contributed by atoms with Crippen LogP contribution >= 0.6 is 0 Å². The van der Waals surface area contributed by atoms with Crippen molar-refractivity contribution in [2.45, 2.75) is 39.4 Å². The van der Waals surface area contributed by atoms with Crippen LogP contribution in [-0.2, 0) is 19.3 Å². The second kappa shape index (κ2) is 4.87. The molecule has 0 saturated carbocycles. The lowest BCUT2D eigenvalue weighted by Crippen LogP contribution is -2.48. The predicted octanol–water partition coefficient (Wildman–Crippen LogP) is 1.82. The Morgan fingerprint density at radius 2 is 2.11 bits per heavy atom. The molecule has 0 spiro atoms. The van der Waals surface area contributed by atoms with E-state index in [1.54, 1.807) is 0 Å². The number of rotatable bonds is 0. The lowest BCUT2D eigenvalue weighted by atomic mass is 10.0. The molecule has 1 saturated heterocycles. The van der Waals surface area contributed by atoms with Gasteiger partial charge in [0.2, 0.25) is 0 Å². The number of hydroxylamine groups is 2. The molecule has 2 rings (SSSR count). The minimum Gasteiger partial charge on any atom is -0.442 e. The third-order valence-corrected chi connectivity index (χ3v) is 2.70. The van der Waals surface area contributed by atoms with Crippen molar-refractivity contribution < 1.29 is 24.1 Å². The number of carbonyl (C=O) groups excluding carboxylic acids is 1. The lowest BCUT2D eigenvalue weighted by molar-refractivity contribution is -0.337. The minimum absolute atomic E-state index is 0.264. The zero-order valence-corrected chi connectivity index (χ0v) is 11.2. The van der Waals surface area contributed by atoms with E-state index in [1.807, 2.05) is 27.7 Å². The van der Waals surface area contributed by atoms with Crippen LogP contribution in [0.4, 0.5) is 4.79 Å². The fourth-order valence-corrected chi connectivity index (χ4v) is 1.78. The highest BCUT2D eigenvalue weighted by molar-refractivity contribution is 5.67. The van der Waals surface area contributed by atoms with Gasteiger partial charge in [0.1, 0.15) is 18.3 Å². The largest absolute Gasteiger partial charge is 0.442 e. The van der Waals surface area contributed by atoms with Gasteiger partial charge in [-0.25, -0.2) is 14.6 Å². The summed E-state index contributed by atoms with van der Waals surface area (Å²) in [4.78, 5) is 27.4. The van der Waals surface area contributed by atoms with Crippen molar-refractivity contribution in [1.82, 2.24) is 5.06 Å². The molecule has 6 nitrogen and oxygen atoms in total. The Labute approximate surface area is 106 Å². The first-order valence-electron chi connectivity index (χ1n) is 5.97. The highest BCUT2D eigenvalue weighted by atomic mass is 17.2. The molecular weight excluding hydrogens is 238 g/mol. The molecule has 1 fully saturated rings. The van der Waals surface area contributed by atoms with E-state index in [0.29, 0.717) is 13.2 Å². The van der Waals surface area contributed by atoms with Crippen molar-refractivity contribution in [1.29, 1.82) is 0 Å². The van der Waals surface area contributed by atoms with E-state index in [0.717, 1.165) is 11.1 Å². The van der Waals surface area contributed by atoms with E-state index in [-0.39, 0.29) is 12.6 Å². The zero-order valence-electron chi connectivity index (χ0n) is 11.2. The van der Waals surface area contributed by atoms with Crippen LogP contribution in [0.1, 0.15) is 27.7 Å². The number of amides is 1. The van der Waals surface area contributed by atoms with Crippen LogP contribution in [0.5, 0.6) is 0 Å². The van der Waals surface area contributed by atoms with Gasteiger partial charge in [0, 0.05) is 0 Å². The van der Waals surface area contributed by atoms with E-state index >= 15 is 0 Å². The van der Waals surface area contributed by atoms with Crippen molar-refractivity contribution in [3.05, 3.63) is 11.1 Å². The number of nitrogens with zero attached hydrogens (tertiary/aromatic N) is 1. The Bertz CT molecular complexity index is 371. The van der Waals surface area contributed by atoms with Crippen LogP contribution in [0.2, 0.25) is 0 Å². The summed E-state index contributed by atoms with van der Waals surface area (Å²) in [6.07, 6.45) is -0.770. The summed E-state index contributed by atoms with van der Waals surface area (Å²) in [5.74, 6) is 0. The Balaban J connectivity index is 1.99. The summed E-state index contributed by atoms with van der Waals surface area (Å²) in [5, 5.41) is 1.18. The van der Waals surface area contributed by atoms with Crippen molar-refractivity contribution >= 4 is 6.09 Å². The predicted molar refractivity (Wildman–Crippen MR) is 62.4 cm³/mol. The fraction of sp³-hybridized carbons (Fsp3) is 0.750. The average Bonchev–Trinajstić information content (AvgIpc) is 2.26. The average molecular weight is 257 g/mol. The first-order valence-corrected chi connectivity index (χ1v) is 5.97. The Hall–Kier alpha value is -1.11. The standard InChI is InChI=1S/C12H19NO5/c1-8-6-16-18-10-5-13(15-7-9(8)10)11(14)17-12(2,3)4/h10H,5-7H2,1-4H3. The molecule has 0 aromatic heterocycles. The van der Waals surface area contributed by atoms with Gasteiger partial charge in [-0.05, 0) is 38.8 Å². The Kier molecular flexibility index (Phi) is 3.61. The van der Waals surface area contributed by atoms with Gasteiger partial charge < -0.3 is 4.74 Å². The van der Waals surface area contributed by atoms with Gasteiger partial charge in [-0.15, -0.1) is 0 Å². The molecule has 2 aliphatic heterocycles. The summed E-state index contributed by atoms with van der Waals surface area (Å²) in [6.45, 7) is 8.46. The third-order valence-electron chi connectivity index (χ3n) is 2.70. The molecule has 102 valence electrons. The molecular formula is C12H19NO5. The first-order chi connectivity index (χ1) is 8.37.